The average Bonchev–Trinajstić information content (AvgIpc) is 3.17. The predicted octanol–water partition coefficient (Wildman–Crippen LogP) is 3.60. The summed E-state index contributed by atoms with van der Waals surface area (Å²) in [7, 11) is 0. The fourth-order valence-corrected chi connectivity index (χ4v) is 4.31. The lowest BCUT2D eigenvalue weighted by atomic mass is 10.0. The molecule has 0 radical (unpaired) electrons. The van der Waals surface area contributed by atoms with Crippen LogP contribution >= 0.6 is 11.6 Å². The monoisotopic (exact) mass is 439 g/mol. The normalized spacial score (nSPS) is 19.0. The highest BCUT2D eigenvalue weighted by atomic mass is 35.5. The van der Waals surface area contributed by atoms with E-state index in [0.717, 1.165) is 6.42 Å². The van der Waals surface area contributed by atoms with E-state index in [1.54, 1.807) is 0 Å². The largest absolute Gasteiger partial charge is 0.355 e. The molecule has 158 valence electrons. The Bertz CT molecular complexity index is 1090. The number of ether oxygens (including phenoxy) is 2. The first-order chi connectivity index (χ1) is 14.5. The molecule has 5 rings (SSSR count). The van der Waals surface area contributed by atoms with Crippen molar-refractivity contribution < 1.29 is 22.6 Å². The first kappa shape index (κ1) is 19.5. The van der Waals surface area contributed by atoms with E-state index in [2.05, 4.69) is 15.1 Å². The van der Waals surface area contributed by atoms with E-state index in [0.29, 0.717) is 57.1 Å². The molecule has 7 nitrogen and oxygen atoms in total. The van der Waals surface area contributed by atoms with Gasteiger partial charge < -0.3 is 14.4 Å². The molecule has 2 saturated heterocycles. The standard InChI is InChI=1S/C19H17ClF3N5O2/c20-16-15(14-12(22)8-11(21)9-13(14)23)17(28-18(26-16)24-10-25-28)27-4-2-19(3-5-27)29-6-1-7-30-19/h8-10H,1-7H2. The Morgan fingerprint density at radius 2 is 1.67 bits per heavy atom. The van der Waals surface area contributed by atoms with Crippen molar-refractivity contribution in [1.29, 1.82) is 0 Å². The number of halogens is 4. The molecule has 2 aliphatic heterocycles. The SMILES string of the molecule is Fc1cc(F)c(-c2c(Cl)nc3ncnn3c2N2CCC3(CC2)OCCCO3)c(F)c1. The van der Waals surface area contributed by atoms with Crippen molar-refractivity contribution in [3.63, 3.8) is 0 Å². The molecule has 2 fully saturated rings. The molecule has 0 atom stereocenters. The van der Waals surface area contributed by atoms with Gasteiger partial charge in [-0.3, -0.25) is 0 Å². The number of benzene rings is 1. The highest BCUT2D eigenvalue weighted by molar-refractivity contribution is 6.33. The van der Waals surface area contributed by atoms with Gasteiger partial charge in [-0.25, -0.2) is 13.2 Å². The minimum absolute atomic E-state index is 0.00824. The second kappa shape index (κ2) is 7.36. The van der Waals surface area contributed by atoms with Crippen molar-refractivity contribution in [1.82, 2.24) is 19.6 Å². The minimum atomic E-state index is -1.08. The maximum atomic E-state index is 14.7. The Morgan fingerprint density at radius 1 is 1.00 bits per heavy atom. The zero-order chi connectivity index (χ0) is 20.9. The van der Waals surface area contributed by atoms with Gasteiger partial charge in [0.05, 0.1) is 24.3 Å². The van der Waals surface area contributed by atoms with Crippen LogP contribution in [-0.2, 0) is 9.47 Å². The van der Waals surface area contributed by atoms with E-state index in [9.17, 15) is 13.2 Å². The van der Waals surface area contributed by atoms with Gasteiger partial charge in [0.2, 0.25) is 0 Å². The van der Waals surface area contributed by atoms with Crippen LogP contribution in [0.3, 0.4) is 0 Å². The number of anilines is 1. The molecule has 0 unspecified atom stereocenters. The summed E-state index contributed by atoms with van der Waals surface area (Å²) in [5, 5.41) is 4.01. The molecule has 11 heteroatoms. The van der Waals surface area contributed by atoms with Gasteiger partial charge in [-0.05, 0) is 6.42 Å². The van der Waals surface area contributed by atoms with Gasteiger partial charge >= 0.3 is 0 Å². The molecule has 2 aliphatic rings. The Kier molecular flexibility index (Phi) is 4.79. The Balaban J connectivity index is 1.63. The van der Waals surface area contributed by atoms with Crippen LogP contribution in [0.25, 0.3) is 16.9 Å². The van der Waals surface area contributed by atoms with Crippen molar-refractivity contribution in [3.05, 3.63) is 41.1 Å². The highest BCUT2D eigenvalue weighted by Gasteiger charge is 2.40. The summed E-state index contributed by atoms with van der Waals surface area (Å²) in [6, 6.07) is 1.22. The predicted molar refractivity (Wildman–Crippen MR) is 102 cm³/mol. The molecule has 0 N–H and O–H groups in total. The molecule has 0 amide bonds. The molecule has 2 aromatic heterocycles. The average molecular weight is 440 g/mol. The fraction of sp³-hybridized carbons (Fsp3) is 0.421. The molecule has 4 heterocycles. The van der Waals surface area contributed by atoms with E-state index in [-0.39, 0.29) is 16.5 Å². The fourth-order valence-electron chi connectivity index (χ4n) is 4.06. The van der Waals surface area contributed by atoms with Crippen LogP contribution in [0.4, 0.5) is 19.0 Å². The van der Waals surface area contributed by atoms with Crippen LogP contribution in [0.2, 0.25) is 5.15 Å². The molecule has 0 bridgehead atoms. The third-order valence-corrected chi connectivity index (χ3v) is 5.73. The van der Waals surface area contributed by atoms with Crippen molar-refractivity contribution in [2.24, 2.45) is 0 Å². The van der Waals surface area contributed by atoms with Crippen molar-refractivity contribution >= 4 is 23.2 Å². The molecule has 1 spiro atoms. The maximum absolute atomic E-state index is 14.7. The highest BCUT2D eigenvalue weighted by Crippen LogP contribution is 2.41. The molecular weight excluding hydrogens is 423 g/mol. The molecule has 1 aromatic carbocycles. The number of aromatic nitrogens is 4. The number of rotatable bonds is 2. The number of nitrogens with zero attached hydrogens (tertiary/aromatic N) is 5. The van der Waals surface area contributed by atoms with E-state index in [4.69, 9.17) is 21.1 Å². The lowest BCUT2D eigenvalue weighted by Gasteiger charge is -2.44. The lowest BCUT2D eigenvalue weighted by molar-refractivity contribution is -0.275. The van der Waals surface area contributed by atoms with Gasteiger partial charge in [0.15, 0.2) is 5.79 Å². The van der Waals surface area contributed by atoms with Gasteiger partial charge in [-0.1, -0.05) is 11.6 Å². The molecule has 30 heavy (non-hydrogen) atoms. The summed E-state index contributed by atoms with van der Waals surface area (Å²) in [4.78, 5) is 10.0. The van der Waals surface area contributed by atoms with Crippen molar-refractivity contribution in [2.45, 2.75) is 25.0 Å². The van der Waals surface area contributed by atoms with E-state index >= 15 is 0 Å². The quantitative estimate of drug-likeness (QED) is 0.568. The van der Waals surface area contributed by atoms with Crippen LogP contribution in [0.1, 0.15) is 19.3 Å². The summed E-state index contributed by atoms with van der Waals surface area (Å²) < 4.78 is 55.9. The van der Waals surface area contributed by atoms with Crippen LogP contribution in [-0.4, -0.2) is 51.7 Å². The van der Waals surface area contributed by atoms with Crippen molar-refractivity contribution in [2.75, 3.05) is 31.2 Å². The Morgan fingerprint density at radius 3 is 2.33 bits per heavy atom. The Hall–Kier alpha value is -2.43. The first-order valence-corrected chi connectivity index (χ1v) is 9.92. The van der Waals surface area contributed by atoms with E-state index in [1.165, 1.54) is 10.8 Å². The zero-order valence-electron chi connectivity index (χ0n) is 15.7. The van der Waals surface area contributed by atoms with E-state index < -0.39 is 28.8 Å². The molecular formula is C19H17ClF3N5O2. The number of fused-ring (bicyclic) bond motifs is 1. The summed E-state index contributed by atoms with van der Waals surface area (Å²) in [6.45, 7) is 2.19. The summed E-state index contributed by atoms with van der Waals surface area (Å²) in [5.74, 6) is -3.31. The third-order valence-electron chi connectivity index (χ3n) is 5.46. The zero-order valence-corrected chi connectivity index (χ0v) is 16.5. The first-order valence-electron chi connectivity index (χ1n) is 9.54. The minimum Gasteiger partial charge on any atom is -0.355 e. The molecule has 0 aliphatic carbocycles. The third kappa shape index (κ3) is 3.19. The second-order valence-electron chi connectivity index (χ2n) is 7.27. The Labute approximate surface area is 174 Å². The topological polar surface area (TPSA) is 64.8 Å². The number of hydrogen-bond acceptors (Lipinski definition) is 6. The van der Waals surface area contributed by atoms with Crippen molar-refractivity contribution in [3.8, 4) is 11.1 Å². The summed E-state index contributed by atoms with van der Waals surface area (Å²) in [6.07, 6.45) is 3.23. The second-order valence-corrected chi connectivity index (χ2v) is 7.62. The lowest BCUT2D eigenvalue weighted by Crippen LogP contribution is -2.50. The van der Waals surface area contributed by atoms with Crippen LogP contribution in [0.15, 0.2) is 18.5 Å². The molecule has 0 saturated carbocycles. The molecule has 3 aromatic rings. The van der Waals surface area contributed by atoms with Crippen LogP contribution in [0.5, 0.6) is 0 Å². The number of hydrogen-bond donors (Lipinski definition) is 0. The smallest absolute Gasteiger partial charge is 0.255 e. The van der Waals surface area contributed by atoms with Gasteiger partial charge in [0, 0.05) is 38.1 Å². The van der Waals surface area contributed by atoms with Crippen LogP contribution < -0.4 is 4.90 Å². The summed E-state index contributed by atoms with van der Waals surface area (Å²) >= 11 is 6.35. The number of piperidine rings is 1. The van der Waals surface area contributed by atoms with Gasteiger partial charge in [-0.2, -0.15) is 19.6 Å². The maximum Gasteiger partial charge on any atom is 0.255 e. The van der Waals surface area contributed by atoms with Gasteiger partial charge in [0.25, 0.3) is 5.78 Å². The summed E-state index contributed by atoms with van der Waals surface area (Å²) in [5.41, 5.74) is -0.474. The van der Waals surface area contributed by atoms with E-state index in [1.807, 2.05) is 4.90 Å². The van der Waals surface area contributed by atoms with Crippen LogP contribution in [0, 0.1) is 17.5 Å². The van der Waals surface area contributed by atoms with Gasteiger partial charge in [0.1, 0.15) is 34.7 Å². The van der Waals surface area contributed by atoms with Gasteiger partial charge in [-0.15, -0.1) is 0 Å².